The van der Waals surface area contributed by atoms with Crippen molar-refractivity contribution in [2.75, 3.05) is 7.11 Å². The molecule has 0 bridgehead atoms. The molecule has 1 aromatic carbocycles. The minimum absolute atomic E-state index is 0. The fourth-order valence-corrected chi connectivity index (χ4v) is 2.69. The van der Waals surface area contributed by atoms with E-state index in [-0.39, 0.29) is 23.0 Å². The summed E-state index contributed by atoms with van der Waals surface area (Å²) < 4.78 is 6.03. The molecule has 0 atom stereocenters. The quantitative estimate of drug-likeness (QED) is 0.912. The summed E-state index contributed by atoms with van der Waals surface area (Å²) in [6.07, 6.45) is 0. The van der Waals surface area contributed by atoms with Gasteiger partial charge in [0.1, 0.15) is 5.75 Å². The van der Waals surface area contributed by atoms with Crippen molar-refractivity contribution in [3.8, 4) is 5.75 Å². The zero-order valence-corrected chi connectivity index (χ0v) is 10.6. The minimum atomic E-state index is -1.03. The molecule has 0 fully saturated rings. The largest absolute Gasteiger partial charge is 0.495 e. The highest BCUT2D eigenvalue weighted by Crippen LogP contribution is 2.38. The molecule has 0 radical (unpaired) electrons. The van der Waals surface area contributed by atoms with Crippen LogP contribution in [0.15, 0.2) is 17.5 Å². The van der Waals surface area contributed by atoms with Crippen molar-refractivity contribution in [3.63, 3.8) is 0 Å². The van der Waals surface area contributed by atoms with E-state index in [0.717, 1.165) is 4.70 Å². The van der Waals surface area contributed by atoms with Gasteiger partial charge in [0.15, 0.2) is 0 Å². The summed E-state index contributed by atoms with van der Waals surface area (Å²) in [5, 5.41) is 11.6. The van der Waals surface area contributed by atoms with Crippen molar-refractivity contribution in [1.29, 1.82) is 0 Å². The Labute approximate surface area is 107 Å². The lowest BCUT2D eigenvalue weighted by molar-refractivity contribution is 0.0697. The second kappa shape index (κ2) is 4.91. The molecule has 6 heteroatoms. The Morgan fingerprint density at radius 2 is 2.19 bits per heavy atom. The van der Waals surface area contributed by atoms with Crippen LogP contribution in [-0.4, -0.2) is 18.2 Å². The molecule has 0 amide bonds. The fourth-order valence-electron chi connectivity index (χ4n) is 1.38. The Morgan fingerprint density at radius 3 is 2.75 bits per heavy atom. The van der Waals surface area contributed by atoms with Crippen LogP contribution in [0.5, 0.6) is 5.75 Å². The Hall–Kier alpha value is -0.970. The predicted octanol–water partition coefficient (Wildman–Crippen LogP) is 3.68. The van der Waals surface area contributed by atoms with E-state index in [4.69, 9.17) is 21.4 Å². The maximum absolute atomic E-state index is 10.9. The number of halogens is 2. The third-order valence-electron chi connectivity index (χ3n) is 2.09. The molecular formula is C10H8Cl2O3S. The fraction of sp³-hybridized carbons (Fsp3) is 0.100. The lowest BCUT2D eigenvalue weighted by Gasteiger charge is -2.02. The number of benzene rings is 1. The molecule has 0 spiro atoms. The first kappa shape index (κ1) is 13.1. The number of carboxylic acid groups (broad SMARTS) is 1. The van der Waals surface area contributed by atoms with Gasteiger partial charge in [0.05, 0.1) is 23.1 Å². The van der Waals surface area contributed by atoms with Crippen molar-refractivity contribution in [2.24, 2.45) is 0 Å². The van der Waals surface area contributed by atoms with Crippen molar-refractivity contribution in [1.82, 2.24) is 0 Å². The molecule has 1 aromatic heterocycles. The standard InChI is InChI=1S/C10H7ClO3S.ClH/c1-14-6-4-15-7-3-2-5(10(12)13)9(11)8(6)7;/h2-4H,1H3,(H,12,13);1H. The van der Waals surface area contributed by atoms with E-state index >= 15 is 0 Å². The topological polar surface area (TPSA) is 46.5 Å². The SMILES string of the molecule is COc1csc2ccc(C(=O)O)c(Cl)c12.Cl. The summed E-state index contributed by atoms with van der Waals surface area (Å²) >= 11 is 7.48. The first-order valence-corrected chi connectivity index (χ1v) is 5.38. The second-order valence-corrected chi connectivity index (χ2v) is 4.20. The van der Waals surface area contributed by atoms with Crippen LogP contribution < -0.4 is 4.74 Å². The number of hydrogen-bond acceptors (Lipinski definition) is 3. The molecular weight excluding hydrogens is 271 g/mol. The van der Waals surface area contributed by atoms with Gasteiger partial charge in [0, 0.05) is 10.1 Å². The molecule has 0 unspecified atom stereocenters. The number of methoxy groups -OCH3 is 1. The molecule has 1 N–H and O–H groups in total. The van der Waals surface area contributed by atoms with Gasteiger partial charge >= 0.3 is 5.97 Å². The maximum atomic E-state index is 10.9. The highest BCUT2D eigenvalue weighted by Gasteiger charge is 2.15. The van der Waals surface area contributed by atoms with Crippen LogP contribution in [0, 0.1) is 0 Å². The number of carbonyl (C=O) groups is 1. The molecule has 2 aromatic rings. The van der Waals surface area contributed by atoms with Gasteiger partial charge in [0.25, 0.3) is 0 Å². The molecule has 0 aliphatic rings. The van der Waals surface area contributed by atoms with Crippen LogP contribution in [0.25, 0.3) is 10.1 Å². The van der Waals surface area contributed by atoms with E-state index < -0.39 is 5.97 Å². The first-order valence-electron chi connectivity index (χ1n) is 4.12. The summed E-state index contributed by atoms with van der Waals surface area (Å²) in [6.45, 7) is 0. The Kier molecular flexibility index (Phi) is 4.02. The smallest absolute Gasteiger partial charge is 0.337 e. The van der Waals surface area contributed by atoms with Crippen molar-refractivity contribution in [3.05, 3.63) is 28.1 Å². The van der Waals surface area contributed by atoms with Gasteiger partial charge in [-0.25, -0.2) is 4.79 Å². The highest BCUT2D eigenvalue weighted by molar-refractivity contribution is 7.17. The van der Waals surface area contributed by atoms with E-state index in [1.54, 1.807) is 6.07 Å². The maximum Gasteiger partial charge on any atom is 0.337 e. The molecule has 2 rings (SSSR count). The molecule has 86 valence electrons. The average Bonchev–Trinajstić information content (AvgIpc) is 2.61. The van der Waals surface area contributed by atoms with E-state index in [9.17, 15) is 4.79 Å². The number of ether oxygens (including phenoxy) is 1. The predicted molar refractivity (Wildman–Crippen MR) is 67.6 cm³/mol. The lowest BCUT2D eigenvalue weighted by atomic mass is 10.1. The van der Waals surface area contributed by atoms with Crippen molar-refractivity contribution < 1.29 is 14.6 Å². The van der Waals surface area contributed by atoms with Crippen LogP contribution in [0.2, 0.25) is 5.02 Å². The van der Waals surface area contributed by atoms with Gasteiger partial charge in [-0.2, -0.15) is 0 Å². The molecule has 1 heterocycles. The molecule has 0 saturated heterocycles. The van der Waals surface area contributed by atoms with Gasteiger partial charge in [0.2, 0.25) is 0 Å². The average molecular weight is 279 g/mol. The van der Waals surface area contributed by atoms with Crippen LogP contribution in [-0.2, 0) is 0 Å². The number of carboxylic acids is 1. The summed E-state index contributed by atoms with van der Waals surface area (Å²) in [7, 11) is 1.53. The first-order chi connectivity index (χ1) is 7.15. The summed E-state index contributed by atoms with van der Waals surface area (Å²) in [5.74, 6) is -0.418. The number of hydrogen-bond donors (Lipinski definition) is 1. The van der Waals surface area contributed by atoms with Gasteiger partial charge in [-0.1, -0.05) is 11.6 Å². The molecule has 16 heavy (non-hydrogen) atoms. The zero-order chi connectivity index (χ0) is 11.0. The van der Waals surface area contributed by atoms with Gasteiger partial charge in [-0.3, -0.25) is 0 Å². The van der Waals surface area contributed by atoms with E-state index in [1.807, 2.05) is 5.38 Å². The van der Waals surface area contributed by atoms with Crippen molar-refractivity contribution >= 4 is 51.4 Å². The molecule has 0 aliphatic heterocycles. The van der Waals surface area contributed by atoms with Gasteiger partial charge in [-0.15, -0.1) is 23.7 Å². The number of aromatic carboxylic acids is 1. The van der Waals surface area contributed by atoms with Gasteiger partial charge in [-0.05, 0) is 12.1 Å². The number of thiophene rings is 1. The Bertz CT molecular complexity index is 536. The second-order valence-electron chi connectivity index (χ2n) is 2.91. The Balaban J connectivity index is 0.00000128. The van der Waals surface area contributed by atoms with Crippen LogP contribution in [0.4, 0.5) is 0 Å². The van der Waals surface area contributed by atoms with E-state index in [0.29, 0.717) is 11.1 Å². The summed E-state index contributed by atoms with van der Waals surface area (Å²) in [5.41, 5.74) is 0.0980. The van der Waals surface area contributed by atoms with Gasteiger partial charge < -0.3 is 9.84 Å². The lowest BCUT2D eigenvalue weighted by Crippen LogP contribution is -1.97. The van der Waals surface area contributed by atoms with Crippen molar-refractivity contribution in [2.45, 2.75) is 0 Å². The molecule has 3 nitrogen and oxygen atoms in total. The molecule has 0 aliphatic carbocycles. The molecule has 0 saturated carbocycles. The minimum Gasteiger partial charge on any atom is -0.495 e. The number of rotatable bonds is 2. The number of fused-ring (bicyclic) bond motifs is 1. The monoisotopic (exact) mass is 278 g/mol. The van der Waals surface area contributed by atoms with Crippen LogP contribution >= 0.6 is 35.3 Å². The zero-order valence-electron chi connectivity index (χ0n) is 8.19. The van der Waals surface area contributed by atoms with E-state index in [2.05, 4.69) is 0 Å². The third kappa shape index (κ3) is 1.96. The van der Waals surface area contributed by atoms with Crippen LogP contribution in [0.3, 0.4) is 0 Å². The van der Waals surface area contributed by atoms with E-state index in [1.165, 1.54) is 24.5 Å². The third-order valence-corrected chi connectivity index (χ3v) is 3.41. The Morgan fingerprint density at radius 1 is 1.50 bits per heavy atom. The summed E-state index contributed by atoms with van der Waals surface area (Å²) in [4.78, 5) is 10.9. The van der Waals surface area contributed by atoms with Crippen LogP contribution in [0.1, 0.15) is 10.4 Å². The normalized spacial score (nSPS) is 9.88. The highest BCUT2D eigenvalue weighted by atomic mass is 35.5. The summed E-state index contributed by atoms with van der Waals surface area (Å²) in [6, 6.07) is 3.24.